The van der Waals surface area contributed by atoms with Gasteiger partial charge in [-0.25, -0.2) is 0 Å². The molecule has 0 spiro atoms. The zero-order valence-corrected chi connectivity index (χ0v) is 12.0. The predicted molar refractivity (Wildman–Crippen MR) is 76.5 cm³/mol. The van der Waals surface area contributed by atoms with Crippen LogP contribution in [0.4, 0.5) is 0 Å². The van der Waals surface area contributed by atoms with Gasteiger partial charge >= 0.3 is 0 Å². The van der Waals surface area contributed by atoms with Crippen LogP contribution in [0.1, 0.15) is 64.7 Å². The Kier molecular flexibility index (Phi) is 3.95. The molecule has 0 amide bonds. The van der Waals surface area contributed by atoms with Gasteiger partial charge in [0.15, 0.2) is 0 Å². The number of piperidine rings is 1. The molecule has 2 N–H and O–H groups in total. The van der Waals surface area contributed by atoms with Gasteiger partial charge in [-0.15, -0.1) is 0 Å². The lowest BCUT2D eigenvalue weighted by Gasteiger charge is -2.51. The fraction of sp³-hybridized carbons (Fsp3) is 1.00. The summed E-state index contributed by atoms with van der Waals surface area (Å²) in [6, 6.07) is 2.02. The highest BCUT2D eigenvalue weighted by Crippen LogP contribution is 2.39. The number of likely N-dealkylation sites (tertiary alicyclic amines) is 1. The van der Waals surface area contributed by atoms with E-state index in [0.717, 1.165) is 17.9 Å². The van der Waals surface area contributed by atoms with Crippen molar-refractivity contribution >= 4 is 0 Å². The van der Waals surface area contributed by atoms with E-state index in [-0.39, 0.29) is 0 Å². The van der Waals surface area contributed by atoms with E-state index < -0.39 is 0 Å². The minimum Gasteiger partial charge on any atom is -0.326 e. The van der Waals surface area contributed by atoms with Crippen molar-refractivity contribution in [2.45, 2.75) is 82.8 Å². The predicted octanol–water partition coefficient (Wildman–Crippen LogP) is 3.16. The van der Waals surface area contributed by atoms with Crippen LogP contribution in [0.5, 0.6) is 0 Å². The molecule has 1 aliphatic heterocycles. The average molecular weight is 250 g/mol. The van der Waals surface area contributed by atoms with Gasteiger partial charge in [0, 0.05) is 18.1 Å². The molecule has 0 bridgehead atoms. The van der Waals surface area contributed by atoms with E-state index in [1.807, 2.05) is 0 Å². The second-order valence-electron chi connectivity index (χ2n) is 7.14. The Labute approximate surface area is 112 Å². The number of nitrogens with two attached hydrogens (primary N) is 1. The smallest absolute Gasteiger partial charge is 0.0252 e. The summed E-state index contributed by atoms with van der Waals surface area (Å²) in [6.07, 6.45) is 12.7. The van der Waals surface area contributed by atoms with Gasteiger partial charge in [-0.05, 0) is 63.3 Å². The lowest BCUT2D eigenvalue weighted by molar-refractivity contribution is -0.00127. The lowest BCUT2D eigenvalue weighted by atomic mass is 9.75. The summed E-state index contributed by atoms with van der Waals surface area (Å²) in [5, 5.41) is 0. The van der Waals surface area contributed by atoms with Crippen LogP contribution in [0.25, 0.3) is 0 Å². The molecule has 18 heavy (non-hydrogen) atoms. The summed E-state index contributed by atoms with van der Waals surface area (Å²) in [4.78, 5) is 2.85. The standard InChI is InChI=1S/C16H30N2/c1-12-8-9-14(17)16(11-12)18-10-4-6-13-5-2-3-7-15(13)18/h12-16H,2-11,17H2,1H3/t12?,13-,14?,15-,16?/m1/s1. The van der Waals surface area contributed by atoms with Gasteiger partial charge in [-0.2, -0.15) is 0 Å². The molecule has 5 atom stereocenters. The third-order valence-corrected chi connectivity index (χ3v) is 5.84. The molecule has 0 aromatic heterocycles. The van der Waals surface area contributed by atoms with Crippen LogP contribution in [0.2, 0.25) is 0 Å². The van der Waals surface area contributed by atoms with Gasteiger partial charge in [0.2, 0.25) is 0 Å². The van der Waals surface area contributed by atoms with Crippen molar-refractivity contribution in [2.24, 2.45) is 17.6 Å². The molecule has 2 saturated carbocycles. The summed E-state index contributed by atoms with van der Waals surface area (Å²) >= 11 is 0. The fourth-order valence-electron chi connectivity index (χ4n) is 4.83. The third-order valence-electron chi connectivity index (χ3n) is 5.84. The lowest BCUT2D eigenvalue weighted by Crippen LogP contribution is -2.58. The molecule has 0 aromatic rings. The van der Waals surface area contributed by atoms with Crippen molar-refractivity contribution < 1.29 is 0 Å². The third kappa shape index (κ3) is 2.46. The van der Waals surface area contributed by atoms with Crippen molar-refractivity contribution in [2.75, 3.05) is 6.54 Å². The van der Waals surface area contributed by atoms with Gasteiger partial charge in [-0.3, -0.25) is 4.90 Å². The Morgan fingerprint density at radius 2 is 1.67 bits per heavy atom. The first-order chi connectivity index (χ1) is 8.75. The first kappa shape index (κ1) is 12.9. The molecule has 2 heteroatoms. The van der Waals surface area contributed by atoms with E-state index >= 15 is 0 Å². The highest BCUT2D eigenvalue weighted by Gasteiger charge is 2.40. The largest absolute Gasteiger partial charge is 0.326 e. The second kappa shape index (κ2) is 5.50. The monoisotopic (exact) mass is 250 g/mol. The number of hydrogen-bond donors (Lipinski definition) is 1. The van der Waals surface area contributed by atoms with Crippen molar-refractivity contribution in [3.05, 3.63) is 0 Å². The average Bonchev–Trinajstić information content (AvgIpc) is 2.41. The zero-order valence-electron chi connectivity index (χ0n) is 12.0. The molecular weight excluding hydrogens is 220 g/mol. The highest BCUT2D eigenvalue weighted by atomic mass is 15.2. The number of rotatable bonds is 1. The van der Waals surface area contributed by atoms with E-state index in [0.29, 0.717) is 12.1 Å². The summed E-state index contributed by atoms with van der Waals surface area (Å²) in [5.41, 5.74) is 6.45. The number of hydrogen-bond acceptors (Lipinski definition) is 2. The summed E-state index contributed by atoms with van der Waals surface area (Å²) < 4.78 is 0. The maximum atomic E-state index is 6.45. The summed E-state index contributed by atoms with van der Waals surface area (Å²) in [6.45, 7) is 3.74. The minimum atomic E-state index is 0.446. The van der Waals surface area contributed by atoms with Gasteiger partial charge in [-0.1, -0.05) is 19.8 Å². The van der Waals surface area contributed by atoms with Crippen LogP contribution in [0.3, 0.4) is 0 Å². The van der Waals surface area contributed by atoms with E-state index in [4.69, 9.17) is 5.73 Å². The Morgan fingerprint density at radius 3 is 2.56 bits per heavy atom. The van der Waals surface area contributed by atoms with E-state index in [1.54, 1.807) is 0 Å². The first-order valence-electron chi connectivity index (χ1n) is 8.27. The quantitative estimate of drug-likeness (QED) is 0.774. The van der Waals surface area contributed by atoms with Gasteiger partial charge in [0.25, 0.3) is 0 Å². The molecule has 2 nitrogen and oxygen atoms in total. The Balaban J connectivity index is 1.72. The van der Waals surface area contributed by atoms with Gasteiger partial charge in [0.05, 0.1) is 0 Å². The van der Waals surface area contributed by atoms with Crippen LogP contribution in [0.15, 0.2) is 0 Å². The van der Waals surface area contributed by atoms with Crippen LogP contribution in [-0.4, -0.2) is 29.6 Å². The van der Waals surface area contributed by atoms with Crippen LogP contribution in [-0.2, 0) is 0 Å². The maximum Gasteiger partial charge on any atom is 0.0252 e. The second-order valence-corrected chi connectivity index (χ2v) is 7.14. The van der Waals surface area contributed by atoms with Crippen molar-refractivity contribution in [3.8, 4) is 0 Å². The molecule has 0 aromatic carbocycles. The first-order valence-corrected chi connectivity index (χ1v) is 8.27. The fourth-order valence-corrected chi connectivity index (χ4v) is 4.83. The molecule has 3 rings (SSSR count). The van der Waals surface area contributed by atoms with Crippen molar-refractivity contribution in [1.29, 1.82) is 0 Å². The summed E-state index contributed by atoms with van der Waals surface area (Å²) in [7, 11) is 0. The SMILES string of the molecule is CC1CCC(N)C(N2CCC[C@H]3CCCC[C@H]32)C1. The van der Waals surface area contributed by atoms with Crippen LogP contribution < -0.4 is 5.73 Å². The number of fused-ring (bicyclic) bond motifs is 1. The molecule has 3 unspecified atom stereocenters. The normalized spacial score (nSPS) is 46.7. The molecule has 1 saturated heterocycles. The van der Waals surface area contributed by atoms with E-state index in [2.05, 4.69) is 11.8 Å². The van der Waals surface area contributed by atoms with Gasteiger partial charge < -0.3 is 5.73 Å². The van der Waals surface area contributed by atoms with Crippen LogP contribution >= 0.6 is 0 Å². The minimum absolute atomic E-state index is 0.446. The zero-order chi connectivity index (χ0) is 12.5. The topological polar surface area (TPSA) is 29.3 Å². The Hall–Kier alpha value is -0.0800. The van der Waals surface area contributed by atoms with E-state index in [9.17, 15) is 0 Å². The maximum absolute atomic E-state index is 6.45. The van der Waals surface area contributed by atoms with Gasteiger partial charge in [0.1, 0.15) is 0 Å². The highest BCUT2D eigenvalue weighted by molar-refractivity contribution is 4.96. The van der Waals surface area contributed by atoms with Crippen molar-refractivity contribution in [3.63, 3.8) is 0 Å². The Bertz CT molecular complexity index is 276. The van der Waals surface area contributed by atoms with E-state index in [1.165, 1.54) is 64.3 Å². The Morgan fingerprint density at radius 1 is 0.889 bits per heavy atom. The molecule has 0 radical (unpaired) electrons. The van der Waals surface area contributed by atoms with Crippen molar-refractivity contribution in [1.82, 2.24) is 4.90 Å². The molecule has 1 heterocycles. The molecule has 3 aliphatic rings. The molecular formula is C16H30N2. The molecule has 2 aliphatic carbocycles. The molecule has 104 valence electrons. The van der Waals surface area contributed by atoms with Crippen LogP contribution in [0, 0.1) is 11.8 Å². The number of nitrogens with zero attached hydrogens (tertiary/aromatic N) is 1. The summed E-state index contributed by atoms with van der Waals surface area (Å²) in [5.74, 6) is 1.88. The molecule has 3 fully saturated rings.